The summed E-state index contributed by atoms with van der Waals surface area (Å²) in [7, 11) is 1.64. The summed E-state index contributed by atoms with van der Waals surface area (Å²) in [6.07, 6.45) is -0.494. The first-order valence-electron chi connectivity index (χ1n) is 11.2. The molecular weight excluding hydrogens is 398 g/mol. The summed E-state index contributed by atoms with van der Waals surface area (Å²) in [4.78, 5) is 19.4. The van der Waals surface area contributed by atoms with Crippen LogP contribution >= 0.6 is 0 Å². The third-order valence-electron chi connectivity index (χ3n) is 5.84. The zero-order valence-corrected chi connectivity index (χ0v) is 18.9. The Labute approximate surface area is 185 Å². The van der Waals surface area contributed by atoms with Crippen LogP contribution in [0.1, 0.15) is 15.9 Å². The van der Waals surface area contributed by atoms with Crippen LogP contribution in [0.2, 0.25) is 0 Å². The van der Waals surface area contributed by atoms with Gasteiger partial charge >= 0.3 is 0 Å². The standard InChI is InChI=1S/C23H37N3O5/c1-19-3-5-20(6-4-19)23(28)26(10-11-29-2)18-22-17-25(9-14-31-22)16-21(27)15-24-7-12-30-13-8-24/h3-6,21-22,27H,7-18H2,1-2H3/t21-,22+/m1/s1. The second-order valence-electron chi connectivity index (χ2n) is 8.43. The first kappa shape index (κ1) is 24.1. The Bertz CT molecular complexity index is 666. The number of rotatable bonds is 10. The Morgan fingerprint density at radius 1 is 1.16 bits per heavy atom. The van der Waals surface area contributed by atoms with Crippen LogP contribution in [-0.4, -0.2) is 124 Å². The maximum absolute atomic E-state index is 13.1. The van der Waals surface area contributed by atoms with Crippen molar-refractivity contribution in [3.8, 4) is 0 Å². The van der Waals surface area contributed by atoms with Gasteiger partial charge in [-0.25, -0.2) is 0 Å². The second kappa shape index (κ2) is 12.5. The van der Waals surface area contributed by atoms with Crippen LogP contribution in [0.25, 0.3) is 0 Å². The molecule has 2 aliphatic heterocycles. The van der Waals surface area contributed by atoms with Crippen molar-refractivity contribution in [1.29, 1.82) is 0 Å². The van der Waals surface area contributed by atoms with Crippen LogP contribution in [0.15, 0.2) is 24.3 Å². The van der Waals surface area contributed by atoms with Crippen LogP contribution in [0.3, 0.4) is 0 Å². The predicted octanol–water partition coefficient (Wildman–Crippen LogP) is 0.478. The Balaban J connectivity index is 1.52. The SMILES string of the molecule is COCCN(C[C@@H]1CN(C[C@H](O)CN2CCOCC2)CCO1)C(=O)c1ccc(C)cc1. The van der Waals surface area contributed by atoms with E-state index in [1.165, 1.54) is 0 Å². The molecule has 8 nitrogen and oxygen atoms in total. The number of β-amino-alcohol motifs (C(OH)–C–C–N with tert-alkyl or cyclic N) is 1. The van der Waals surface area contributed by atoms with Gasteiger partial charge in [0.1, 0.15) is 0 Å². The summed E-state index contributed by atoms with van der Waals surface area (Å²) in [6.45, 7) is 10.1. The quantitative estimate of drug-likeness (QED) is 0.573. The lowest BCUT2D eigenvalue weighted by Crippen LogP contribution is -2.52. The maximum Gasteiger partial charge on any atom is 0.254 e. The number of hydrogen-bond donors (Lipinski definition) is 1. The molecule has 0 radical (unpaired) electrons. The summed E-state index contributed by atoms with van der Waals surface area (Å²) in [5.41, 5.74) is 1.80. The Hall–Kier alpha value is -1.55. The van der Waals surface area contributed by atoms with Gasteiger partial charge in [0, 0.05) is 65.0 Å². The molecule has 0 saturated carbocycles. The minimum absolute atomic E-state index is 0.00914. The molecule has 0 unspecified atom stereocenters. The number of carbonyl (C=O) groups is 1. The van der Waals surface area contributed by atoms with Crippen molar-refractivity contribution >= 4 is 5.91 Å². The van der Waals surface area contributed by atoms with E-state index in [9.17, 15) is 9.90 Å². The molecule has 0 spiro atoms. The van der Waals surface area contributed by atoms with Crippen LogP contribution in [-0.2, 0) is 14.2 Å². The third-order valence-corrected chi connectivity index (χ3v) is 5.84. The van der Waals surface area contributed by atoms with Crippen molar-refractivity contribution in [2.75, 3.05) is 85.9 Å². The Morgan fingerprint density at radius 2 is 1.84 bits per heavy atom. The maximum atomic E-state index is 13.1. The highest BCUT2D eigenvalue weighted by Crippen LogP contribution is 2.12. The number of nitrogens with zero attached hydrogens (tertiary/aromatic N) is 3. The minimum atomic E-state index is -0.407. The van der Waals surface area contributed by atoms with E-state index in [2.05, 4.69) is 9.80 Å². The molecule has 1 aromatic rings. The van der Waals surface area contributed by atoms with Gasteiger partial charge in [-0.1, -0.05) is 17.7 Å². The summed E-state index contributed by atoms with van der Waals surface area (Å²) in [6, 6.07) is 7.65. The predicted molar refractivity (Wildman–Crippen MR) is 118 cm³/mol. The molecule has 31 heavy (non-hydrogen) atoms. The monoisotopic (exact) mass is 435 g/mol. The Morgan fingerprint density at radius 3 is 2.55 bits per heavy atom. The molecule has 1 amide bonds. The van der Waals surface area contributed by atoms with Gasteiger partial charge in [0.15, 0.2) is 0 Å². The molecule has 2 atom stereocenters. The van der Waals surface area contributed by atoms with Gasteiger partial charge < -0.3 is 24.2 Å². The van der Waals surface area contributed by atoms with Crippen LogP contribution < -0.4 is 0 Å². The van der Waals surface area contributed by atoms with Crippen LogP contribution in [0.4, 0.5) is 0 Å². The second-order valence-corrected chi connectivity index (χ2v) is 8.43. The highest BCUT2D eigenvalue weighted by atomic mass is 16.5. The molecule has 2 aliphatic rings. The number of aliphatic hydroxyl groups is 1. The lowest BCUT2D eigenvalue weighted by Gasteiger charge is -2.37. The average Bonchev–Trinajstić information content (AvgIpc) is 2.77. The van der Waals surface area contributed by atoms with E-state index < -0.39 is 6.10 Å². The van der Waals surface area contributed by atoms with Gasteiger partial charge in [-0.05, 0) is 19.1 Å². The van der Waals surface area contributed by atoms with Crippen molar-refractivity contribution in [2.45, 2.75) is 19.1 Å². The van der Waals surface area contributed by atoms with E-state index in [0.717, 1.165) is 38.4 Å². The van der Waals surface area contributed by atoms with E-state index in [1.807, 2.05) is 36.1 Å². The number of benzene rings is 1. The molecule has 3 rings (SSSR count). The van der Waals surface area contributed by atoms with E-state index in [0.29, 0.717) is 51.5 Å². The molecule has 1 aromatic carbocycles. The summed E-state index contributed by atoms with van der Waals surface area (Å²) in [5, 5.41) is 10.6. The first-order chi connectivity index (χ1) is 15.0. The lowest BCUT2D eigenvalue weighted by atomic mass is 10.1. The Kier molecular flexibility index (Phi) is 9.70. The van der Waals surface area contributed by atoms with Gasteiger partial charge in [-0.3, -0.25) is 14.6 Å². The van der Waals surface area contributed by atoms with Crippen molar-refractivity contribution in [3.63, 3.8) is 0 Å². The van der Waals surface area contributed by atoms with Crippen molar-refractivity contribution in [2.24, 2.45) is 0 Å². The van der Waals surface area contributed by atoms with Gasteiger partial charge in [-0.15, -0.1) is 0 Å². The minimum Gasteiger partial charge on any atom is -0.390 e. The number of methoxy groups -OCH3 is 1. The number of amides is 1. The van der Waals surface area contributed by atoms with E-state index in [4.69, 9.17) is 14.2 Å². The number of morpholine rings is 2. The topological polar surface area (TPSA) is 74.7 Å². The molecule has 0 aliphatic carbocycles. The largest absolute Gasteiger partial charge is 0.390 e. The molecule has 2 heterocycles. The van der Waals surface area contributed by atoms with E-state index in [-0.39, 0.29) is 12.0 Å². The average molecular weight is 436 g/mol. The van der Waals surface area contributed by atoms with Crippen LogP contribution in [0.5, 0.6) is 0 Å². The summed E-state index contributed by atoms with van der Waals surface area (Å²) < 4.78 is 16.6. The lowest BCUT2D eigenvalue weighted by molar-refractivity contribution is -0.0564. The van der Waals surface area contributed by atoms with Crippen molar-refractivity contribution in [1.82, 2.24) is 14.7 Å². The van der Waals surface area contributed by atoms with Crippen molar-refractivity contribution < 1.29 is 24.1 Å². The molecule has 2 fully saturated rings. The third kappa shape index (κ3) is 7.82. The molecule has 174 valence electrons. The molecule has 0 bridgehead atoms. The fraction of sp³-hybridized carbons (Fsp3) is 0.696. The summed E-state index contributed by atoms with van der Waals surface area (Å²) in [5.74, 6) is -0.00914. The fourth-order valence-electron chi connectivity index (χ4n) is 4.10. The zero-order valence-electron chi connectivity index (χ0n) is 18.9. The van der Waals surface area contributed by atoms with Gasteiger partial charge in [0.05, 0.1) is 38.6 Å². The van der Waals surface area contributed by atoms with Gasteiger partial charge in [0.25, 0.3) is 5.91 Å². The normalized spacial score (nSPS) is 21.7. The number of ether oxygens (including phenoxy) is 3. The van der Waals surface area contributed by atoms with E-state index in [1.54, 1.807) is 7.11 Å². The molecule has 2 saturated heterocycles. The number of hydrogen-bond acceptors (Lipinski definition) is 7. The van der Waals surface area contributed by atoms with Gasteiger partial charge in [0.2, 0.25) is 0 Å². The summed E-state index contributed by atoms with van der Waals surface area (Å²) >= 11 is 0. The number of carbonyl (C=O) groups excluding carboxylic acids is 1. The highest BCUT2D eigenvalue weighted by Gasteiger charge is 2.27. The molecular formula is C23H37N3O5. The van der Waals surface area contributed by atoms with E-state index >= 15 is 0 Å². The van der Waals surface area contributed by atoms with Gasteiger partial charge in [-0.2, -0.15) is 0 Å². The smallest absolute Gasteiger partial charge is 0.254 e. The molecule has 0 aromatic heterocycles. The van der Waals surface area contributed by atoms with Crippen LogP contribution in [0, 0.1) is 6.92 Å². The molecule has 8 heteroatoms. The van der Waals surface area contributed by atoms with Crippen molar-refractivity contribution in [3.05, 3.63) is 35.4 Å². The number of aliphatic hydroxyl groups excluding tert-OH is 1. The first-order valence-corrected chi connectivity index (χ1v) is 11.2. The highest BCUT2D eigenvalue weighted by molar-refractivity contribution is 5.94. The zero-order chi connectivity index (χ0) is 22.1. The molecule has 1 N–H and O–H groups in total. The fourth-order valence-corrected chi connectivity index (χ4v) is 4.10. The number of aryl methyl sites for hydroxylation is 1.